The van der Waals surface area contributed by atoms with Crippen LogP contribution in [0.5, 0.6) is 11.5 Å². The predicted octanol–water partition coefficient (Wildman–Crippen LogP) is 0.296. The first-order chi connectivity index (χ1) is 15.4. The summed E-state index contributed by atoms with van der Waals surface area (Å²) in [5.74, 6) is 0.188. The molecule has 13 heteroatoms. The van der Waals surface area contributed by atoms with E-state index in [4.69, 9.17) is 15.2 Å². The highest BCUT2D eigenvalue weighted by Crippen LogP contribution is 2.36. The van der Waals surface area contributed by atoms with Gasteiger partial charge in [-0.25, -0.2) is 9.97 Å². The molecule has 2 aromatic rings. The molecule has 4 N–H and O–H groups in total. The third kappa shape index (κ3) is 4.31. The van der Waals surface area contributed by atoms with Crippen molar-refractivity contribution in [1.29, 1.82) is 0 Å². The fourth-order valence-electron chi connectivity index (χ4n) is 3.70. The van der Waals surface area contributed by atoms with E-state index in [-0.39, 0.29) is 37.2 Å². The van der Waals surface area contributed by atoms with Gasteiger partial charge in [0.1, 0.15) is 12.4 Å². The van der Waals surface area contributed by atoms with Gasteiger partial charge in [0, 0.05) is 13.1 Å². The van der Waals surface area contributed by atoms with E-state index in [9.17, 15) is 19.7 Å². The Kier molecular flexibility index (Phi) is 5.87. The average Bonchev–Trinajstić information content (AvgIpc) is 3.44. The number of aromatic nitrogens is 2. The Labute approximate surface area is 182 Å². The van der Waals surface area contributed by atoms with Crippen LogP contribution in [0.4, 0.5) is 17.3 Å². The van der Waals surface area contributed by atoms with E-state index in [1.54, 1.807) is 17.0 Å². The largest absolute Gasteiger partial charge is 0.454 e. The molecule has 0 bridgehead atoms. The van der Waals surface area contributed by atoms with E-state index >= 15 is 0 Å². The van der Waals surface area contributed by atoms with E-state index in [1.165, 1.54) is 6.33 Å². The standard InChI is InChI=1S/C19H21N7O6/c20-15(27)8-22-19(28)12-2-1-5-25(12)18-16(26(29)30)17(23-9-24-18)21-7-11-3-4-13-14(6-11)32-10-31-13/h3-4,6,9,12H,1-2,5,7-8,10H2,(H2,20,27)(H,22,28)(H,21,23,24). The van der Waals surface area contributed by atoms with Crippen molar-refractivity contribution >= 4 is 29.1 Å². The van der Waals surface area contributed by atoms with Crippen LogP contribution in [0.3, 0.4) is 0 Å². The molecule has 1 unspecified atom stereocenters. The Morgan fingerprint density at radius 3 is 2.88 bits per heavy atom. The Bertz CT molecular complexity index is 1060. The molecule has 13 nitrogen and oxygen atoms in total. The lowest BCUT2D eigenvalue weighted by atomic mass is 10.2. The number of rotatable bonds is 8. The van der Waals surface area contributed by atoms with Gasteiger partial charge in [-0.15, -0.1) is 0 Å². The van der Waals surface area contributed by atoms with Gasteiger partial charge in [0.25, 0.3) is 0 Å². The summed E-state index contributed by atoms with van der Waals surface area (Å²) >= 11 is 0. The molecular formula is C19H21N7O6. The summed E-state index contributed by atoms with van der Waals surface area (Å²) in [5.41, 5.74) is 5.56. The van der Waals surface area contributed by atoms with Crippen LogP contribution in [0.2, 0.25) is 0 Å². The van der Waals surface area contributed by atoms with Crippen molar-refractivity contribution in [3.63, 3.8) is 0 Å². The molecule has 32 heavy (non-hydrogen) atoms. The van der Waals surface area contributed by atoms with Gasteiger partial charge in [-0.2, -0.15) is 0 Å². The van der Waals surface area contributed by atoms with E-state index in [2.05, 4.69) is 20.6 Å². The number of anilines is 2. The Balaban J connectivity index is 1.55. The number of fused-ring (bicyclic) bond motifs is 1. The molecule has 0 radical (unpaired) electrons. The van der Waals surface area contributed by atoms with E-state index < -0.39 is 22.8 Å². The summed E-state index contributed by atoms with van der Waals surface area (Å²) in [6, 6.07) is 4.65. The second kappa shape index (κ2) is 8.91. The number of benzene rings is 1. The SMILES string of the molecule is NC(=O)CNC(=O)C1CCCN1c1ncnc(NCc2ccc3c(c2)OCO3)c1[N+](=O)[O-]. The number of nitro groups is 1. The lowest BCUT2D eigenvalue weighted by Crippen LogP contribution is -2.46. The minimum atomic E-state index is -0.704. The second-order valence-corrected chi connectivity index (χ2v) is 7.23. The zero-order valence-electron chi connectivity index (χ0n) is 16.9. The number of hydrogen-bond acceptors (Lipinski definition) is 10. The summed E-state index contributed by atoms with van der Waals surface area (Å²) in [7, 11) is 0. The molecule has 0 spiro atoms. The number of nitrogens with two attached hydrogens (primary N) is 1. The summed E-state index contributed by atoms with van der Waals surface area (Å²) in [4.78, 5) is 44.5. The second-order valence-electron chi connectivity index (χ2n) is 7.23. The zero-order chi connectivity index (χ0) is 22.7. The van der Waals surface area contributed by atoms with Gasteiger partial charge < -0.3 is 30.7 Å². The van der Waals surface area contributed by atoms with Gasteiger partial charge in [-0.1, -0.05) is 6.07 Å². The Hall–Kier alpha value is -4.16. The van der Waals surface area contributed by atoms with Crippen LogP contribution >= 0.6 is 0 Å². The van der Waals surface area contributed by atoms with Gasteiger partial charge in [-0.3, -0.25) is 19.7 Å². The number of hydrogen-bond donors (Lipinski definition) is 3. The molecule has 2 aliphatic heterocycles. The van der Waals surface area contributed by atoms with Crippen molar-refractivity contribution in [2.45, 2.75) is 25.4 Å². The molecule has 4 rings (SSSR count). The first-order valence-electron chi connectivity index (χ1n) is 9.88. The van der Waals surface area contributed by atoms with E-state index in [0.717, 1.165) is 5.56 Å². The molecule has 168 valence electrons. The average molecular weight is 443 g/mol. The number of amides is 2. The summed E-state index contributed by atoms with van der Waals surface area (Å²) in [5, 5.41) is 17.3. The zero-order valence-corrected chi connectivity index (χ0v) is 16.9. The van der Waals surface area contributed by atoms with Crippen molar-refractivity contribution in [2.75, 3.05) is 30.1 Å². The van der Waals surface area contributed by atoms with Crippen LogP contribution in [0.15, 0.2) is 24.5 Å². The van der Waals surface area contributed by atoms with Crippen LogP contribution in [0.25, 0.3) is 0 Å². The van der Waals surface area contributed by atoms with Crippen LogP contribution in [-0.2, 0) is 16.1 Å². The van der Waals surface area contributed by atoms with Crippen LogP contribution in [0.1, 0.15) is 18.4 Å². The number of carbonyl (C=O) groups excluding carboxylic acids is 2. The topological polar surface area (TPSA) is 175 Å². The molecule has 2 amide bonds. The Morgan fingerprint density at radius 2 is 2.09 bits per heavy atom. The molecule has 1 aromatic heterocycles. The molecule has 1 saturated heterocycles. The third-order valence-electron chi connectivity index (χ3n) is 5.15. The number of nitrogens with zero attached hydrogens (tertiary/aromatic N) is 4. The molecule has 1 fully saturated rings. The molecule has 3 heterocycles. The quantitative estimate of drug-likeness (QED) is 0.380. The van der Waals surface area contributed by atoms with Crippen molar-refractivity contribution in [3.05, 3.63) is 40.2 Å². The maximum absolute atomic E-state index is 12.5. The van der Waals surface area contributed by atoms with Crippen molar-refractivity contribution in [2.24, 2.45) is 5.73 Å². The molecule has 0 saturated carbocycles. The number of ether oxygens (including phenoxy) is 2. The highest BCUT2D eigenvalue weighted by Gasteiger charge is 2.37. The number of nitrogens with one attached hydrogen (secondary N) is 2. The van der Waals surface area contributed by atoms with Crippen LogP contribution in [-0.4, -0.2) is 52.6 Å². The fourth-order valence-corrected chi connectivity index (χ4v) is 3.70. The molecule has 1 aromatic carbocycles. The van der Waals surface area contributed by atoms with E-state index in [0.29, 0.717) is 30.9 Å². The van der Waals surface area contributed by atoms with Crippen molar-refractivity contribution in [3.8, 4) is 11.5 Å². The normalized spacial score (nSPS) is 16.6. The fraction of sp³-hybridized carbons (Fsp3) is 0.368. The maximum Gasteiger partial charge on any atom is 0.353 e. The molecule has 2 aliphatic rings. The van der Waals surface area contributed by atoms with Gasteiger partial charge in [-0.05, 0) is 30.5 Å². The number of primary amides is 1. The molecule has 1 atom stereocenters. The van der Waals surface area contributed by atoms with E-state index in [1.807, 2.05) is 6.07 Å². The summed E-state index contributed by atoms with van der Waals surface area (Å²) in [6.07, 6.45) is 2.31. The van der Waals surface area contributed by atoms with Crippen molar-refractivity contribution in [1.82, 2.24) is 15.3 Å². The van der Waals surface area contributed by atoms with Crippen LogP contribution < -0.4 is 30.7 Å². The number of carbonyl (C=O) groups is 2. The van der Waals surface area contributed by atoms with Gasteiger partial charge in [0.15, 0.2) is 11.5 Å². The highest BCUT2D eigenvalue weighted by molar-refractivity contribution is 5.90. The smallest absolute Gasteiger partial charge is 0.353 e. The first kappa shape index (κ1) is 21.1. The van der Waals surface area contributed by atoms with Gasteiger partial charge in [0.05, 0.1) is 11.5 Å². The predicted molar refractivity (Wildman–Crippen MR) is 111 cm³/mol. The van der Waals surface area contributed by atoms with Gasteiger partial charge >= 0.3 is 5.69 Å². The maximum atomic E-state index is 12.5. The minimum Gasteiger partial charge on any atom is -0.454 e. The summed E-state index contributed by atoms with van der Waals surface area (Å²) in [6.45, 7) is 0.485. The summed E-state index contributed by atoms with van der Waals surface area (Å²) < 4.78 is 10.6. The van der Waals surface area contributed by atoms with Crippen LogP contribution in [0, 0.1) is 10.1 Å². The lowest BCUT2D eigenvalue weighted by Gasteiger charge is -2.24. The third-order valence-corrected chi connectivity index (χ3v) is 5.15. The Morgan fingerprint density at radius 1 is 1.28 bits per heavy atom. The first-order valence-corrected chi connectivity index (χ1v) is 9.88. The molecular weight excluding hydrogens is 422 g/mol. The highest BCUT2D eigenvalue weighted by atomic mass is 16.7. The molecule has 0 aliphatic carbocycles. The lowest BCUT2D eigenvalue weighted by molar-refractivity contribution is -0.383. The van der Waals surface area contributed by atoms with Gasteiger partial charge in [0.2, 0.25) is 30.2 Å². The minimum absolute atomic E-state index is 0.0286. The van der Waals surface area contributed by atoms with Crippen molar-refractivity contribution < 1.29 is 24.0 Å². The monoisotopic (exact) mass is 443 g/mol.